The molecular formula is C26H29N3O4. The maximum absolute atomic E-state index is 10.9. The number of nitrogens with zero attached hydrogens (tertiary/aromatic N) is 3. The first kappa shape index (κ1) is 22.7. The highest BCUT2D eigenvalue weighted by atomic mass is 16.5. The summed E-state index contributed by atoms with van der Waals surface area (Å²) in [6.07, 6.45) is 2.94. The zero-order valence-electron chi connectivity index (χ0n) is 19.0. The van der Waals surface area contributed by atoms with E-state index in [4.69, 9.17) is 19.6 Å². The molecule has 33 heavy (non-hydrogen) atoms. The summed E-state index contributed by atoms with van der Waals surface area (Å²) in [6.45, 7) is 4.88. The lowest BCUT2D eigenvalue weighted by Crippen LogP contribution is -2.35. The van der Waals surface area contributed by atoms with Crippen LogP contribution in [-0.2, 0) is 24.4 Å². The first-order valence-electron chi connectivity index (χ1n) is 11.2. The zero-order chi connectivity index (χ0) is 23.2. The highest BCUT2D eigenvalue weighted by Gasteiger charge is 2.21. The SMILES string of the molecule is COc1ccc(COc2ccc(-c3ncc4c(n3)CCN(CC(C)CC(=O)O)C4)cc2)cc1. The van der Waals surface area contributed by atoms with Gasteiger partial charge in [-0.05, 0) is 47.9 Å². The fraction of sp³-hybridized carbons (Fsp3) is 0.346. The summed E-state index contributed by atoms with van der Waals surface area (Å²) >= 11 is 0. The van der Waals surface area contributed by atoms with Crippen LogP contribution >= 0.6 is 0 Å². The highest BCUT2D eigenvalue weighted by Crippen LogP contribution is 2.24. The summed E-state index contributed by atoms with van der Waals surface area (Å²) in [7, 11) is 1.65. The second kappa shape index (κ2) is 10.4. The Morgan fingerprint density at radius 1 is 1.12 bits per heavy atom. The van der Waals surface area contributed by atoms with Gasteiger partial charge in [0.15, 0.2) is 5.82 Å². The summed E-state index contributed by atoms with van der Waals surface area (Å²) < 4.78 is 11.1. The first-order chi connectivity index (χ1) is 16.0. The Morgan fingerprint density at radius 2 is 1.85 bits per heavy atom. The third-order valence-electron chi connectivity index (χ3n) is 5.78. The van der Waals surface area contributed by atoms with E-state index in [-0.39, 0.29) is 12.3 Å². The molecule has 2 heterocycles. The van der Waals surface area contributed by atoms with Crippen molar-refractivity contribution in [2.75, 3.05) is 20.2 Å². The molecule has 1 aliphatic heterocycles. The van der Waals surface area contributed by atoms with Gasteiger partial charge in [0.2, 0.25) is 0 Å². The Kier molecular flexibility index (Phi) is 7.19. The number of rotatable bonds is 9. The van der Waals surface area contributed by atoms with Gasteiger partial charge in [-0.15, -0.1) is 0 Å². The molecular weight excluding hydrogens is 418 g/mol. The van der Waals surface area contributed by atoms with Crippen molar-refractivity contribution in [3.63, 3.8) is 0 Å². The molecule has 0 bridgehead atoms. The Bertz CT molecular complexity index is 1080. The number of aromatic nitrogens is 2. The Balaban J connectivity index is 1.35. The molecule has 0 saturated carbocycles. The van der Waals surface area contributed by atoms with Crippen LogP contribution in [0, 0.1) is 5.92 Å². The van der Waals surface area contributed by atoms with Crippen molar-refractivity contribution in [1.82, 2.24) is 14.9 Å². The summed E-state index contributed by atoms with van der Waals surface area (Å²) in [5.41, 5.74) is 4.21. The molecule has 0 radical (unpaired) electrons. The third-order valence-corrected chi connectivity index (χ3v) is 5.78. The van der Waals surface area contributed by atoms with Gasteiger partial charge in [-0.3, -0.25) is 9.69 Å². The summed E-state index contributed by atoms with van der Waals surface area (Å²) in [6, 6.07) is 15.7. The molecule has 7 nitrogen and oxygen atoms in total. The summed E-state index contributed by atoms with van der Waals surface area (Å²) in [5.74, 6) is 1.70. The maximum atomic E-state index is 10.9. The van der Waals surface area contributed by atoms with Crippen LogP contribution in [0.3, 0.4) is 0 Å². The molecule has 4 rings (SSSR count). The van der Waals surface area contributed by atoms with Gasteiger partial charge in [-0.25, -0.2) is 9.97 Å². The smallest absolute Gasteiger partial charge is 0.303 e. The second-order valence-electron chi connectivity index (χ2n) is 8.51. The van der Waals surface area contributed by atoms with Crippen molar-refractivity contribution in [3.05, 3.63) is 71.5 Å². The van der Waals surface area contributed by atoms with Crippen LogP contribution in [0.5, 0.6) is 11.5 Å². The van der Waals surface area contributed by atoms with Crippen LogP contribution in [0.25, 0.3) is 11.4 Å². The molecule has 0 aliphatic carbocycles. The normalized spacial score (nSPS) is 14.4. The molecule has 172 valence electrons. The average Bonchev–Trinajstić information content (AvgIpc) is 2.82. The second-order valence-corrected chi connectivity index (χ2v) is 8.51. The van der Waals surface area contributed by atoms with E-state index in [1.807, 2.05) is 61.7 Å². The highest BCUT2D eigenvalue weighted by molar-refractivity contribution is 5.67. The lowest BCUT2D eigenvalue weighted by molar-refractivity contribution is -0.138. The topological polar surface area (TPSA) is 84.8 Å². The van der Waals surface area contributed by atoms with Gasteiger partial charge in [0, 0.05) is 49.8 Å². The van der Waals surface area contributed by atoms with Crippen molar-refractivity contribution in [2.24, 2.45) is 5.92 Å². The van der Waals surface area contributed by atoms with Gasteiger partial charge in [-0.1, -0.05) is 19.1 Å². The Labute approximate surface area is 194 Å². The summed E-state index contributed by atoms with van der Waals surface area (Å²) in [4.78, 5) is 22.6. The van der Waals surface area contributed by atoms with Crippen molar-refractivity contribution in [1.29, 1.82) is 0 Å². The van der Waals surface area contributed by atoms with Gasteiger partial charge >= 0.3 is 5.97 Å². The number of methoxy groups -OCH3 is 1. The number of carboxylic acid groups (broad SMARTS) is 1. The number of fused-ring (bicyclic) bond motifs is 1. The van der Waals surface area contributed by atoms with Gasteiger partial charge in [0.25, 0.3) is 0 Å². The molecule has 1 aromatic heterocycles. The quantitative estimate of drug-likeness (QED) is 0.526. The predicted molar refractivity (Wildman–Crippen MR) is 125 cm³/mol. The Hall–Kier alpha value is -3.45. The minimum Gasteiger partial charge on any atom is -0.497 e. The largest absolute Gasteiger partial charge is 0.497 e. The van der Waals surface area contributed by atoms with E-state index in [1.165, 1.54) is 0 Å². The van der Waals surface area contributed by atoms with E-state index in [0.29, 0.717) is 12.4 Å². The van der Waals surface area contributed by atoms with E-state index in [0.717, 1.165) is 59.9 Å². The third kappa shape index (κ3) is 6.08. The molecule has 1 atom stereocenters. The molecule has 3 aromatic rings. The lowest BCUT2D eigenvalue weighted by atomic mass is 10.0. The Morgan fingerprint density at radius 3 is 2.55 bits per heavy atom. The van der Waals surface area contributed by atoms with E-state index < -0.39 is 5.97 Å². The van der Waals surface area contributed by atoms with Crippen molar-refractivity contribution < 1.29 is 19.4 Å². The number of carbonyl (C=O) groups is 1. The standard InChI is InChI=1S/C26H29N3O4/c1-18(13-25(30)31)15-29-12-11-24-21(16-29)14-27-26(28-24)20-5-9-23(10-6-20)33-17-19-3-7-22(32-2)8-4-19/h3-10,14,18H,11-13,15-17H2,1-2H3,(H,30,31). The zero-order valence-corrected chi connectivity index (χ0v) is 19.0. The molecule has 0 saturated heterocycles. The van der Waals surface area contributed by atoms with Crippen LogP contribution in [0.2, 0.25) is 0 Å². The molecule has 7 heteroatoms. The fourth-order valence-electron chi connectivity index (χ4n) is 4.06. The number of carboxylic acids is 1. The van der Waals surface area contributed by atoms with Crippen LogP contribution in [0.4, 0.5) is 0 Å². The maximum Gasteiger partial charge on any atom is 0.303 e. The number of aliphatic carboxylic acids is 1. The van der Waals surface area contributed by atoms with Gasteiger partial charge in [-0.2, -0.15) is 0 Å². The number of hydrogen-bond acceptors (Lipinski definition) is 6. The lowest BCUT2D eigenvalue weighted by Gasteiger charge is -2.29. The molecule has 0 fully saturated rings. The number of ether oxygens (including phenoxy) is 2. The van der Waals surface area contributed by atoms with Gasteiger partial charge in [0.05, 0.1) is 12.8 Å². The van der Waals surface area contributed by atoms with Gasteiger partial charge in [0.1, 0.15) is 18.1 Å². The van der Waals surface area contributed by atoms with E-state index in [2.05, 4.69) is 9.88 Å². The molecule has 1 aliphatic rings. The molecule has 1 unspecified atom stereocenters. The van der Waals surface area contributed by atoms with Crippen LogP contribution in [0.15, 0.2) is 54.7 Å². The van der Waals surface area contributed by atoms with Gasteiger partial charge < -0.3 is 14.6 Å². The average molecular weight is 448 g/mol. The fourth-order valence-corrected chi connectivity index (χ4v) is 4.06. The number of benzene rings is 2. The van der Waals surface area contributed by atoms with Crippen molar-refractivity contribution in [2.45, 2.75) is 32.9 Å². The van der Waals surface area contributed by atoms with E-state index in [1.54, 1.807) is 7.11 Å². The summed E-state index contributed by atoms with van der Waals surface area (Å²) in [5, 5.41) is 8.98. The minimum atomic E-state index is -0.745. The molecule has 0 spiro atoms. The number of hydrogen-bond donors (Lipinski definition) is 1. The molecule has 1 N–H and O–H groups in total. The minimum absolute atomic E-state index is 0.120. The van der Waals surface area contributed by atoms with E-state index in [9.17, 15) is 4.79 Å². The molecule has 0 amide bonds. The first-order valence-corrected chi connectivity index (χ1v) is 11.2. The van der Waals surface area contributed by atoms with Crippen LogP contribution in [-0.4, -0.2) is 46.1 Å². The van der Waals surface area contributed by atoms with Crippen molar-refractivity contribution in [3.8, 4) is 22.9 Å². The van der Waals surface area contributed by atoms with Crippen LogP contribution in [0.1, 0.15) is 30.2 Å². The monoisotopic (exact) mass is 447 g/mol. The van der Waals surface area contributed by atoms with E-state index >= 15 is 0 Å². The van der Waals surface area contributed by atoms with Crippen molar-refractivity contribution >= 4 is 5.97 Å². The van der Waals surface area contributed by atoms with Crippen LogP contribution < -0.4 is 9.47 Å². The predicted octanol–water partition coefficient (Wildman–Crippen LogP) is 4.20. The molecule has 2 aromatic carbocycles.